The lowest BCUT2D eigenvalue weighted by molar-refractivity contribution is 0.159. The summed E-state index contributed by atoms with van der Waals surface area (Å²) in [6.07, 6.45) is 12.1. The Morgan fingerprint density at radius 1 is 1.06 bits per heavy atom. The lowest BCUT2D eigenvalue weighted by atomic mass is 9.89. The number of nitrogens with one attached hydrogen (secondary N) is 1. The normalized spacial score (nSPS) is 21.1. The van der Waals surface area contributed by atoms with Gasteiger partial charge in [-0.2, -0.15) is 5.48 Å². The van der Waals surface area contributed by atoms with Crippen molar-refractivity contribution >= 4 is 11.6 Å². The molecule has 0 aliphatic heterocycles. The molecule has 0 saturated carbocycles. The van der Waals surface area contributed by atoms with Gasteiger partial charge >= 0.3 is 0 Å². The van der Waals surface area contributed by atoms with Gasteiger partial charge in [0.15, 0.2) is 0 Å². The van der Waals surface area contributed by atoms with E-state index in [2.05, 4.69) is 23.7 Å². The molecule has 2 aliphatic carbocycles. The van der Waals surface area contributed by atoms with E-state index in [0.717, 1.165) is 11.1 Å². The Balaban J connectivity index is 2.43. The highest BCUT2D eigenvalue weighted by molar-refractivity contribution is 5.75. The highest BCUT2D eigenvalue weighted by Gasteiger charge is 2.19. The van der Waals surface area contributed by atoms with E-state index in [1.54, 1.807) is 0 Å². The third-order valence-corrected chi connectivity index (χ3v) is 3.15. The van der Waals surface area contributed by atoms with Crippen LogP contribution in [-0.4, -0.2) is 11.2 Å². The van der Waals surface area contributed by atoms with Crippen LogP contribution in [0, 0.1) is 0 Å². The Morgan fingerprint density at radius 2 is 1.94 bits per heavy atom. The van der Waals surface area contributed by atoms with Gasteiger partial charge in [0.1, 0.15) is 0 Å². The quantitative estimate of drug-likeness (QED) is 0.697. The Labute approximate surface area is 99.6 Å². The Kier molecular flexibility index (Phi) is 2.52. The average Bonchev–Trinajstić information content (AvgIpc) is 2.36. The van der Waals surface area contributed by atoms with Gasteiger partial charge in [0.2, 0.25) is 0 Å². The van der Waals surface area contributed by atoms with Gasteiger partial charge in [-0.1, -0.05) is 54.6 Å². The van der Waals surface area contributed by atoms with Crippen LogP contribution in [0.3, 0.4) is 0 Å². The molecule has 0 saturated heterocycles. The van der Waals surface area contributed by atoms with Crippen LogP contribution in [-0.2, 0) is 0 Å². The van der Waals surface area contributed by atoms with Gasteiger partial charge in [0.05, 0.1) is 6.04 Å². The minimum Gasteiger partial charge on any atom is -0.316 e. The molecule has 1 unspecified atom stereocenters. The summed E-state index contributed by atoms with van der Waals surface area (Å²) in [5.41, 5.74) is 4.56. The summed E-state index contributed by atoms with van der Waals surface area (Å²) in [5, 5.41) is 11.7. The molecule has 2 nitrogen and oxygen atoms in total. The van der Waals surface area contributed by atoms with Crippen LogP contribution >= 0.6 is 0 Å². The third-order valence-electron chi connectivity index (χ3n) is 3.15. The maximum absolute atomic E-state index is 9.35. The minimum atomic E-state index is -0.147. The first-order valence-corrected chi connectivity index (χ1v) is 5.66. The molecule has 84 valence electrons. The maximum Gasteiger partial charge on any atom is 0.0825 e. The molecule has 2 bridgehead atoms. The molecule has 3 rings (SSSR count). The molecular weight excluding hydrogens is 210 g/mol. The minimum absolute atomic E-state index is 0.147. The Hall–Kier alpha value is -1.90. The standard InChI is InChI=1S/C15H13NO/c17-16-15-12-7-2-1-3-9-14(15)13-8-5-4-6-11(13)10-12/h1-10,15-17H. The molecule has 0 heterocycles. The van der Waals surface area contributed by atoms with E-state index in [4.69, 9.17) is 0 Å². The Bertz CT molecular complexity index is 650. The summed E-state index contributed by atoms with van der Waals surface area (Å²) < 4.78 is 0. The maximum atomic E-state index is 9.35. The van der Waals surface area contributed by atoms with Crippen molar-refractivity contribution in [3.8, 4) is 0 Å². The van der Waals surface area contributed by atoms with E-state index >= 15 is 0 Å². The van der Waals surface area contributed by atoms with Crippen LogP contribution in [0.4, 0.5) is 0 Å². The molecule has 1 atom stereocenters. The molecular formula is C15H13NO. The summed E-state index contributed by atoms with van der Waals surface area (Å²) in [4.78, 5) is 0. The lowest BCUT2D eigenvalue weighted by Gasteiger charge is -2.22. The van der Waals surface area contributed by atoms with E-state index in [-0.39, 0.29) is 6.04 Å². The fourth-order valence-corrected chi connectivity index (χ4v) is 2.35. The van der Waals surface area contributed by atoms with Crippen molar-refractivity contribution < 1.29 is 5.21 Å². The molecule has 1 aromatic carbocycles. The third kappa shape index (κ3) is 1.68. The fraction of sp³-hybridized carbons (Fsp3) is 0.0667. The molecule has 0 radical (unpaired) electrons. The monoisotopic (exact) mass is 223 g/mol. The second-order valence-corrected chi connectivity index (χ2v) is 4.16. The predicted molar refractivity (Wildman–Crippen MR) is 68.6 cm³/mol. The molecule has 0 spiro atoms. The smallest absolute Gasteiger partial charge is 0.0825 e. The number of hydrogen-bond acceptors (Lipinski definition) is 2. The number of allylic oxidation sites excluding steroid dienone is 4. The summed E-state index contributed by atoms with van der Waals surface area (Å²) in [6.45, 7) is 0. The first kappa shape index (κ1) is 10.3. The van der Waals surface area contributed by atoms with Crippen molar-refractivity contribution in [1.82, 2.24) is 5.48 Å². The first-order chi connectivity index (χ1) is 8.40. The van der Waals surface area contributed by atoms with Gasteiger partial charge < -0.3 is 5.21 Å². The number of hydrogen-bond donors (Lipinski definition) is 2. The first-order valence-electron chi connectivity index (χ1n) is 5.66. The van der Waals surface area contributed by atoms with E-state index in [1.165, 1.54) is 10.4 Å². The Morgan fingerprint density at radius 3 is 2.82 bits per heavy atom. The lowest BCUT2D eigenvalue weighted by Crippen LogP contribution is -2.41. The van der Waals surface area contributed by atoms with Crippen molar-refractivity contribution in [2.24, 2.45) is 0 Å². The van der Waals surface area contributed by atoms with Crippen molar-refractivity contribution in [2.45, 2.75) is 6.04 Å². The number of fused-ring (bicyclic) bond motifs is 3. The second-order valence-electron chi connectivity index (χ2n) is 4.16. The van der Waals surface area contributed by atoms with Crippen LogP contribution in [0.5, 0.6) is 0 Å². The number of rotatable bonds is 1. The van der Waals surface area contributed by atoms with Gasteiger partial charge in [-0.25, -0.2) is 0 Å². The predicted octanol–water partition coefficient (Wildman–Crippen LogP) is 1.03. The van der Waals surface area contributed by atoms with Gasteiger partial charge in [0.25, 0.3) is 0 Å². The zero-order chi connectivity index (χ0) is 11.7. The SMILES string of the molecule is ONC1C2=CC=CC=CC1=c1ccccc1=C2. The van der Waals surface area contributed by atoms with Crippen molar-refractivity contribution in [2.75, 3.05) is 0 Å². The molecule has 2 heteroatoms. The summed E-state index contributed by atoms with van der Waals surface area (Å²) in [6, 6.07) is 8.08. The van der Waals surface area contributed by atoms with Crippen molar-refractivity contribution in [3.05, 3.63) is 70.7 Å². The van der Waals surface area contributed by atoms with Crippen LogP contribution in [0.25, 0.3) is 11.6 Å². The van der Waals surface area contributed by atoms with Crippen LogP contribution < -0.4 is 15.9 Å². The number of benzene rings is 1. The highest BCUT2D eigenvalue weighted by atomic mass is 16.5. The average molecular weight is 223 g/mol. The zero-order valence-electron chi connectivity index (χ0n) is 9.30. The van der Waals surface area contributed by atoms with E-state index in [1.807, 2.05) is 42.5 Å². The second kappa shape index (κ2) is 4.17. The molecule has 2 N–H and O–H groups in total. The largest absolute Gasteiger partial charge is 0.316 e. The molecule has 2 aliphatic rings. The van der Waals surface area contributed by atoms with Gasteiger partial charge in [0, 0.05) is 0 Å². The van der Waals surface area contributed by atoms with Crippen LogP contribution in [0.1, 0.15) is 0 Å². The molecule has 1 aromatic rings. The van der Waals surface area contributed by atoms with E-state index in [0.29, 0.717) is 0 Å². The number of hydroxylamine groups is 1. The van der Waals surface area contributed by atoms with Crippen molar-refractivity contribution in [1.29, 1.82) is 0 Å². The van der Waals surface area contributed by atoms with E-state index in [9.17, 15) is 5.21 Å². The van der Waals surface area contributed by atoms with Crippen LogP contribution in [0.15, 0.2) is 60.2 Å². The molecule has 0 aromatic heterocycles. The van der Waals surface area contributed by atoms with E-state index < -0.39 is 0 Å². The highest BCUT2D eigenvalue weighted by Crippen LogP contribution is 2.18. The fourth-order valence-electron chi connectivity index (χ4n) is 2.35. The van der Waals surface area contributed by atoms with Gasteiger partial charge in [-0.3, -0.25) is 0 Å². The van der Waals surface area contributed by atoms with Crippen LogP contribution in [0.2, 0.25) is 0 Å². The summed E-state index contributed by atoms with van der Waals surface area (Å²) in [5.74, 6) is 0. The van der Waals surface area contributed by atoms with Crippen molar-refractivity contribution in [3.63, 3.8) is 0 Å². The summed E-state index contributed by atoms with van der Waals surface area (Å²) >= 11 is 0. The molecule has 17 heavy (non-hydrogen) atoms. The topological polar surface area (TPSA) is 32.3 Å². The molecule has 0 amide bonds. The van der Waals surface area contributed by atoms with Gasteiger partial charge in [-0.05, 0) is 27.7 Å². The zero-order valence-corrected chi connectivity index (χ0v) is 9.30. The molecule has 0 fully saturated rings. The summed E-state index contributed by atoms with van der Waals surface area (Å²) in [7, 11) is 0. The van der Waals surface area contributed by atoms with Gasteiger partial charge in [-0.15, -0.1) is 0 Å².